The van der Waals surface area contributed by atoms with E-state index in [1.54, 1.807) is 17.0 Å². The van der Waals surface area contributed by atoms with E-state index in [2.05, 4.69) is 4.98 Å². The fourth-order valence-corrected chi connectivity index (χ4v) is 3.44. The van der Waals surface area contributed by atoms with E-state index in [0.717, 1.165) is 35.6 Å². The number of amides is 1. The van der Waals surface area contributed by atoms with Crippen molar-refractivity contribution in [3.8, 4) is 11.3 Å². The number of imidazole rings is 1. The lowest BCUT2D eigenvalue weighted by Gasteiger charge is -2.32. The Morgan fingerprint density at radius 2 is 2.00 bits per heavy atom. The van der Waals surface area contributed by atoms with E-state index >= 15 is 0 Å². The maximum absolute atomic E-state index is 13.4. The number of nitrogens with zero attached hydrogens (tertiary/aromatic N) is 2. The van der Waals surface area contributed by atoms with Crippen LogP contribution in [0.3, 0.4) is 0 Å². The van der Waals surface area contributed by atoms with Crippen LogP contribution in [0.2, 0.25) is 5.02 Å². The van der Waals surface area contributed by atoms with Crippen molar-refractivity contribution >= 4 is 17.7 Å². The molecule has 1 saturated heterocycles. The van der Waals surface area contributed by atoms with Crippen molar-refractivity contribution in [3.63, 3.8) is 0 Å². The van der Waals surface area contributed by atoms with Crippen LogP contribution in [0.1, 0.15) is 51.0 Å². The van der Waals surface area contributed by atoms with Gasteiger partial charge in [-0.3, -0.25) is 0 Å². The van der Waals surface area contributed by atoms with Gasteiger partial charge in [0.25, 0.3) is 0 Å². The number of hydrogen-bond acceptors (Lipinski definition) is 3. The monoisotopic (exact) mass is 393 g/mol. The summed E-state index contributed by atoms with van der Waals surface area (Å²) >= 11 is 5.90. The van der Waals surface area contributed by atoms with Gasteiger partial charge in [0.1, 0.15) is 17.2 Å². The molecule has 0 aliphatic carbocycles. The number of aryl methyl sites for hydroxylation is 1. The zero-order valence-electron chi connectivity index (χ0n) is 16.1. The molecule has 0 spiro atoms. The van der Waals surface area contributed by atoms with Crippen molar-refractivity contribution in [2.75, 3.05) is 13.1 Å². The van der Waals surface area contributed by atoms with Gasteiger partial charge in [-0.15, -0.1) is 0 Å². The van der Waals surface area contributed by atoms with Crippen LogP contribution in [0.25, 0.3) is 11.3 Å². The molecule has 0 bridgehead atoms. The molecule has 0 unspecified atom stereocenters. The minimum Gasteiger partial charge on any atom is -0.444 e. The average molecular weight is 394 g/mol. The Hall–Kier alpha value is -2.08. The van der Waals surface area contributed by atoms with E-state index in [0.29, 0.717) is 13.1 Å². The van der Waals surface area contributed by atoms with Crippen molar-refractivity contribution in [1.82, 2.24) is 14.9 Å². The Bertz CT molecular complexity index is 836. The zero-order valence-corrected chi connectivity index (χ0v) is 16.9. The quantitative estimate of drug-likeness (QED) is 0.753. The number of H-pyrrole nitrogens is 1. The summed E-state index contributed by atoms with van der Waals surface area (Å²) in [6, 6.07) is 4.62. The molecule has 3 rings (SSSR count). The van der Waals surface area contributed by atoms with E-state index in [1.165, 1.54) is 6.07 Å². The number of benzene rings is 1. The summed E-state index contributed by atoms with van der Waals surface area (Å²) in [7, 11) is 0. The second-order valence-corrected chi connectivity index (χ2v) is 8.37. The predicted molar refractivity (Wildman–Crippen MR) is 104 cm³/mol. The molecule has 27 heavy (non-hydrogen) atoms. The number of nitrogens with one attached hydrogen (secondary N) is 1. The second kappa shape index (κ2) is 7.50. The van der Waals surface area contributed by atoms with Crippen LogP contribution in [-0.4, -0.2) is 39.7 Å². The van der Waals surface area contributed by atoms with Gasteiger partial charge in [0, 0.05) is 30.3 Å². The maximum Gasteiger partial charge on any atom is 0.410 e. The van der Waals surface area contributed by atoms with Gasteiger partial charge >= 0.3 is 6.09 Å². The zero-order chi connectivity index (χ0) is 19.8. The summed E-state index contributed by atoms with van der Waals surface area (Å²) in [5.41, 5.74) is 1.99. The Morgan fingerprint density at radius 3 is 2.59 bits per heavy atom. The lowest BCUT2D eigenvalue weighted by atomic mass is 9.96. The Balaban J connectivity index is 1.69. The summed E-state index contributed by atoms with van der Waals surface area (Å²) in [5, 5.41) is 0.0853. The molecular weight excluding hydrogens is 369 g/mol. The minimum absolute atomic E-state index is 0.0853. The van der Waals surface area contributed by atoms with Crippen molar-refractivity contribution in [3.05, 3.63) is 40.6 Å². The molecule has 5 nitrogen and oxygen atoms in total. The Labute approximate surface area is 163 Å². The Morgan fingerprint density at radius 1 is 1.33 bits per heavy atom. The smallest absolute Gasteiger partial charge is 0.410 e. The van der Waals surface area contributed by atoms with E-state index in [1.807, 2.05) is 27.7 Å². The van der Waals surface area contributed by atoms with E-state index in [-0.39, 0.29) is 17.0 Å². The number of rotatable bonds is 2. The maximum atomic E-state index is 13.4. The van der Waals surface area contributed by atoms with Crippen LogP contribution >= 0.6 is 11.6 Å². The number of carbonyl (C=O) groups is 1. The van der Waals surface area contributed by atoms with Gasteiger partial charge in [0.15, 0.2) is 0 Å². The first-order valence-corrected chi connectivity index (χ1v) is 9.51. The number of likely N-dealkylation sites (tertiary alicyclic amines) is 1. The van der Waals surface area contributed by atoms with E-state index < -0.39 is 11.4 Å². The van der Waals surface area contributed by atoms with Gasteiger partial charge in [-0.25, -0.2) is 14.2 Å². The molecule has 1 amide bonds. The third-order valence-corrected chi connectivity index (χ3v) is 4.92. The molecule has 1 aromatic carbocycles. The third-order valence-electron chi connectivity index (χ3n) is 4.63. The highest BCUT2D eigenvalue weighted by Crippen LogP contribution is 2.31. The molecule has 2 heterocycles. The van der Waals surface area contributed by atoms with Crippen molar-refractivity contribution in [2.24, 2.45) is 0 Å². The summed E-state index contributed by atoms with van der Waals surface area (Å²) < 4.78 is 18.9. The second-order valence-electron chi connectivity index (χ2n) is 7.97. The fourth-order valence-electron chi connectivity index (χ4n) is 3.26. The van der Waals surface area contributed by atoms with Gasteiger partial charge in [0.2, 0.25) is 0 Å². The lowest BCUT2D eigenvalue weighted by Crippen LogP contribution is -2.41. The number of aromatic nitrogens is 2. The summed E-state index contributed by atoms with van der Waals surface area (Å²) in [6.45, 7) is 8.82. The van der Waals surface area contributed by atoms with Gasteiger partial charge in [-0.1, -0.05) is 11.6 Å². The predicted octanol–water partition coefficient (Wildman–Crippen LogP) is 5.29. The topological polar surface area (TPSA) is 58.2 Å². The summed E-state index contributed by atoms with van der Waals surface area (Å²) in [5.74, 6) is 0.696. The fraction of sp³-hybridized carbons (Fsp3) is 0.500. The number of piperidine rings is 1. The molecule has 1 aliphatic heterocycles. The van der Waals surface area contributed by atoms with Crippen LogP contribution in [0.4, 0.5) is 9.18 Å². The molecular formula is C20H25ClFN3O2. The van der Waals surface area contributed by atoms with Gasteiger partial charge in [0.05, 0.1) is 10.7 Å². The minimum atomic E-state index is -0.489. The number of ether oxygens (including phenoxy) is 1. The summed E-state index contributed by atoms with van der Waals surface area (Å²) in [4.78, 5) is 22.0. The first kappa shape index (κ1) is 19.7. The molecule has 1 N–H and O–H groups in total. The number of halogens is 2. The highest BCUT2D eigenvalue weighted by Gasteiger charge is 2.29. The normalized spacial score (nSPS) is 15.9. The highest BCUT2D eigenvalue weighted by molar-refractivity contribution is 6.31. The first-order chi connectivity index (χ1) is 12.6. The summed E-state index contributed by atoms with van der Waals surface area (Å²) in [6.07, 6.45) is 1.37. The van der Waals surface area contributed by atoms with Crippen molar-refractivity contribution < 1.29 is 13.9 Å². The van der Waals surface area contributed by atoms with Crippen LogP contribution < -0.4 is 0 Å². The molecule has 2 aromatic rings. The molecule has 7 heteroatoms. The molecule has 1 fully saturated rings. The molecule has 0 atom stereocenters. The van der Waals surface area contributed by atoms with Crippen molar-refractivity contribution in [2.45, 2.75) is 52.1 Å². The van der Waals surface area contributed by atoms with E-state index in [9.17, 15) is 9.18 Å². The van der Waals surface area contributed by atoms with E-state index in [4.69, 9.17) is 21.3 Å². The van der Waals surface area contributed by atoms with Gasteiger partial charge in [-0.05, 0) is 58.7 Å². The number of aromatic amines is 1. The van der Waals surface area contributed by atoms with Gasteiger partial charge < -0.3 is 14.6 Å². The molecule has 1 aliphatic rings. The standard InChI is InChI=1S/C20H25ClFN3O2/c1-12-17(14-5-6-16(22)15(21)11-14)24-18(23-12)13-7-9-25(10-8-13)19(26)27-20(2,3)4/h5-6,11,13H,7-10H2,1-4H3,(H,23,24). The highest BCUT2D eigenvalue weighted by atomic mass is 35.5. The Kier molecular flexibility index (Phi) is 5.47. The van der Waals surface area contributed by atoms with Crippen LogP contribution in [0.15, 0.2) is 18.2 Å². The van der Waals surface area contributed by atoms with Crippen LogP contribution in [-0.2, 0) is 4.74 Å². The number of hydrogen-bond donors (Lipinski definition) is 1. The molecule has 0 saturated carbocycles. The van der Waals surface area contributed by atoms with Crippen LogP contribution in [0, 0.1) is 12.7 Å². The van der Waals surface area contributed by atoms with Gasteiger partial charge in [-0.2, -0.15) is 0 Å². The largest absolute Gasteiger partial charge is 0.444 e. The molecule has 146 valence electrons. The SMILES string of the molecule is Cc1[nH]c(C2CCN(C(=O)OC(C)(C)C)CC2)nc1-c1ccc(F)c(Cl)c1. The molecule has 1 aromatic heterocycles. The third kappa shape index (κ3) is 4.61. The lowest BCUT2D eigenvalue weighted by molar-refractivity contribution is 0.0203. The average Bonchev–Trinajstić information content (AvgIpc) is 2.98. The number of carbonyl (C=O) groups excluding carboxylic acids is 1. The first-order valence-electron chi connectivity index (χ1n) is 9.14. The van der Waals surface area contributed by atoms with Crippen molar-refractivity contribution in [1.29, 1.82) is 0 Å². The molecule has 0 radical (unpaired) electrons. The van der Waals surface area contributed by atoms with Crippen LogP contribution in [0.5, 0.6) is 0 Å².